The number of hydrogen-bond donors (Lipinski definition) is 0. The summed E-state index contributed by atoms with van der Waals surface area (Å²) in [6, 6.07) is 6.99. The molecular weight excluding hydrogens is 402 g/mol. The second-order valence-electron chi connectivity index (χ2n) is 6.67. The zero-order valence-electron chi connectivity index (χ0n) is 15.5. The zero-order valence-corrected chi connectivity index (χ0v) is 16.2. The van der Waals surface area contributed by atoms with Gasteiger partial charge in [0.25, 0.3) is 5.56 Å². The Morgan fingerprint density at radius 3 is 2.66 bits per heavy atom. The fourth-order valence-electron chi connectivity index (χ4n) is 3.28. The van der Waals surface area contributed by atoms with Crippen molar-refractivity contribution in [2.24, 2.45) is 7.05 Å². The van der Waals surface area contributed by atoms with Crippen molar-refractivity contribution in [1.29, 1.82) is 0 Å². The van der Waals surface area contributed by atoms with Crippen LogP contribution in [0.4, 0.5) is 14.7 Å². The Morgan fingerprint density at radius 2 is 1.90 bits per heavy atom. The molecule has 0 N–H and O–H groups in total. The van der Waals surface area contributed by atoms with Crippen molar-refractivity contribution in [3.63, 3.8) is 0 Å². The Hall–Kier alpha value is -2.84. The average molecular weight is 419 g/mol. The first-order valence-electron chi connectivity index (χ1n) is 8.93. The molecule has 3 heterocycles. The van der Waals surface area contributed by atoms with Crippen molar-refractivity contribution >= 4 is 17.5 Å². The molecule has 0 saturated carbocycles. The maximum atomic E-state index is 13.7. The van der Waals surface area contributed by atoms with Gasteiger partial charge in [-0.25, -0.2) is 13.8 Å². The van der Waals surface area contributed by atoms with Crippen LogP contribution in [0.5, 0.6) is 0 Å². The lowest BCUT2D eigenvalue weighted by molar-refractivity contribution is 0.0388. The number of pyridine rings is 1. The van der Waals surface area contributed by atoms with E-state index in [1.807, 2.05) is 4.90 Å². The van der Waals surface area contributed by atoms with E-state index < -0.39 is 17.7 Å². The second-order valence-corrected chi connectivity index (χ2v) is 7.08. The third kappa shape index (κ3) is 3.86. The van der Waals surface area contributed by atoms with Crippen LogP contribution >= 0.6 is 11.6 Å². The largest absolute Gasteiger partial charge is 0.370 e. The molecule has 150 valence electrons. The summed E-state index contributed by atoms with van der Waals surface area (Å²) in [5.74, 6) is -1.55. The third-order valence-electron chi connectivity index (χ3n) is 4.82. The minimum absolute atomic E-state index is 0.0862. The van der Waals surface area contributed by atoms with Gasteiger partial charge in [0.15, 0.2) is 11.6 Å². The lowest BCUT2D eigenvalue weighted by Crippen LogP contribution is -2.41. The number of halogens is 3. The first kappa shape index (κ1) is 19.5. The van der Waals surface area contributed by atoms with Gasteiger partial charge in [0.05, 0.1) is 18.8 Å². The van der Waals surface area contributed by atoms with Crippen LogP contribution in [0.1, 0.15) is 11.7 Å². The standard InChI is InChI=1S/C20H17ClF2N4O2/c1-26-19(28)10-17(12-2-4-24-5-3-12)25-20(26)27-6-7-29-18(11-27)13-8-15(22)16(23)9-14(13)21/h2-5,8-10,18H,6-7,11H2,1H3. The van der Waals surface area contributed by atoms with E-state index in [4.69, 9.17) is 16.3 Å². The smallest absolute Gasteiger partial charge is 0.255 e. The van der Waals surface area contributed by atoms with Crippen molar-refractivity contribution < 1.29 is 13.5 Å². The van der Waals surface area contributed by atoms with E-state index in [0.717, 1.165) is 17.7 Å². The Labute approximate surface area is 170 Å². The van der Waals surface area contributed by atoms with Crippen molar-refractivity contribution in [1.82, 2.24) is 14.5 Å². The van der Waals surface area contributed by atoms with Crippen LogP contribution in [0, 0.1) is 11.6 Å². The first-order valence-corrected chi connectivity index (χ1v) is 9.31. The molecule has 0 spiro atoms. The SMILES string of the molecule is Cn1c(N2CCOC(c3cc(F)c(F)cc3Cl)C2)nc(-c2ccncc2)cc1=O. The maximum absolute atomic E-state index is 13.7. The van der Waals surface area contributed by atoms with Crippen LogP contribution < -0.4 is 10.5 Å². The van der Waals surface area contributed by atoms with E-state index in [1.54, 1.807) is 31.6 Å². The third-order valence-corrected chi connectivity index (χ3v) is 5.15. The summed E-state index contributed by atoms with van der Waals surface area (Å²) in [6.07, 6.45) is 2.67. The molecule has 1 unspecified atom stereocenters. The number of nitrogens with zero attached hydrogens (tertiary/aromatic N) is 4. The Kier molecular flexibility index (Phi) is 5.29. The molecule has 9 heteroatoms. The van der Waals surface area contributed by atoms with Crippen LogP contribution in [0.15, 0.2) is 47.5 Å². The number of ether oxygens (including phenoxy) is 1. The molecular formula is C20H17ClF2N4O2. The van der Waals surface area contributed by atoms with E-state index in [0.29, 0.717) is 30.4 Å². The van der Waals surface area contributed by atoms with Crippen molar-refractivity contribution in [2.75, 3.05) is 24.6 Å². The molecule has 1 saturated heterocycles. The molecule has 1 fully saturated rings. The topological polar surface area (TPSA) is 60.2 Å². The van der Waals surface area contributed by atoms with Crippen LogP contribution in [0.3, 0.4) is 0 Å². The molecule has 1 aliphatic heterocycles. The lowest BCUT2D eigenvalue weighted by Gasteiger charge is -2.35. The molecule has 29 heavy (non-hydrogen) atoms. The molecule has 2 aromatic heterocycles. The van der Waals surface area contributed by atoms with Gasteiger partial charge in [-0.3, -0.25) is 14.3 Å². The van der Waals surface area contributed by atoms with Gasteiger partial charge in [-0.1, -0.05) is 11.6 Å². The number of hydrogen-bond acceptors (Lipinski definition) is 5. The molecule has 3 aromatic rings. The van der Waals surface area contributed by atoms with E-state index in [9.17, 15) is 13.6 Å². The van der Waals surface area contributed by atoms with E-state index in [2.05, 4.69) is 9.97 Å². The summed E-state index contributed by atoms with van der Waals surface area (Å²) in [4.78, 5) is 23.0. The second kappa shape index (κ2) is 7.88. The number of morpholine rings is 1. The summed E-state index contributed by atoms with van der Waals surface area (Å²) in [6.45, 7) is 1.08. The molecule has 0 aliphatic carbocycles. The van der Waals surface area contributed by atoms with Gasteiger partial charge in [0.2, 0.25) is 5.95 Å². The predicted molar refractivity (Wildman–Crippen MR) is 105 cm³/mol. The number of aromatic nitrogens is 3. The predicted octanol–water partition coefficient (Wildman–Crippen LogP) is 3.35. The Balaban J connectivity index is 1.69. The maximum Gasteiger partial charge on any atom is 0.255 e. The summed E-state index contributed by atoms with van der Waals surface area (Å²) < 4.78 is 34.3. The normalized spacial score (nSPS) is 16.8. The minimum Gasteiger partial charge on any atom is -0.370 e. The van der Waals surface area contributed by atoms with E-state index >= 15 is 0 Å². The van der Waals surface area contributed by atoms with Crippen LogP contribution in [0.2, 0.25) is 5.02 Å². The number of benzene rings is 1. The molecule has 0 amide bonds. The molecule has 1 aromatic carbocycles. The fraction of sp³-hybridized carbons (Fsp3) is 0.250. The lowest BCUT2D eigenvalue weighted by atomic mass is 10.1. The van der Waals surface area contributed by atoms with Gasteiger partial charge in [-0.15, -0.1) is 0 Å². The van der Waals surface area contributed by atoms with Crippen molar-refractivity contribution in [3.8, 4) is 11.3 Å². The van der Waals surface area contributed by atoms with E-state index in [-0.39, 0.29) is 17.1 Å². The van der Waals surface area contributed by atoms with Gasteiger partial charge in [0.1, 0.15) is 6.10 Å². The summed E-state index contributed by atoms with van der Waals surface area (Å²) in [7, 11) is 1.63. The highest BCUT2D eigenvalue weighted by molar-refractivity contribution is 6.31. The summed E-state index contributed by atoms with van der Waals surface area (Å²) in [5.41, 5.74) is 1.44. The van der Waals surface area contributed by atoms with Crippen molar-refractivity contribution in [3.05, 3.63) is 75.3 Å². The van der Waals surface area contributed by atoms with Gasteiger partial charge >= 0.3 is 0 Å². The van der Waals surface area contributed by atoms with E-state index in [1.165, 1.54) is 10.6 Å². The molecule has 4 rings (SSSR count). The average Bonchev–Trinajstić information content (AvgIpc) is 2.73. The molecule has 0 bridgehead atoms. The highest BCUT2D eigenvalue weighted by atomic mass is 35.5. The molecule has 0 radical (unpaired) electrons. The van der Waals surface area contributed by atoms with Crippen LogP contribution in [0.25, 0.3) is 11.3 Å². The molecule has 6 nitrogen and oxygen atoms in total. The highest BCUT2D eigenvalue weighted by Gasteiger charge is 2.27. The fourth-order valence-corrected chi connectivity index (χ4v) is 3.56. The monoisotopic (exact) mass is 418 g/mol. The van der Waals surface area contributed by atoms with Crippen molar-refractivity contribution in [2.45, 2.75) is 6.10 Å². The van der Waals surface area contributed by atoms with Gasteiger partial charge in [-0.05, 0) is 24.3 Å². The Bertz CT molecular complexity index is 1110. The van der Waals surface area contributed by atoms with Crippen LogP contribution in [-0.4, -0.2) is 34.2 Å². The number of rotatable bonds is 3. The van der Waals surface area contributed by atoms with Crippen LogP contribution in [-0.2, 0) is 11.8 Å². The highest BCUT2D eigenvalue weighted by Crippen LogP contribution is 2.31. The summed E-state index contributed by atoms with van der Waals surface area (Å²) >= 11 is 6.11. The molecule has 1 aliphatic rings. The summed E-state index contributed by atoms with van der Waals surface area (Å²) in [5, 5.41) is 0.0862. The van der Waals surface area contributed by atoms with Gasteiger partial charge < -0.3 is 9.64 Å². The quantitative estimate of drug-likeness (QED) is 0.610. The van der Waals surface area contributed by atoms with Gasteiger partial charge in [0, 0.05) is 48.2 Å². The zero-order chi connectivity index (χ0) is 20.5. The Morgan fingerprint density at radius 1 is 1.17 bits per heavy atom. The first-order chi connectivity index (χ1) is 13.9. The van der Waals surface area contributed by atoms with Gasteiger partial charge in [-0.2, -0.15) is 0 Å². The molecule has 1 atom stereocenters. The minimum atomic E-state index is -1.01. The number of anilines is 1.